The van der Waals surface area contributed by atoms with Crippen LogP contribution in [0, 0.1) is 0 Å². The van der Waals surface area contributed by atoms with Crippen molar-refractivity contribution in [1.29, 1.82) is 0 Å². The summed E-state index contributed by atoms with van der Waals surface area (Å²) < 4.78 is 10.2. The number of para-hydroxylation sites is 1. The van der Waals surface area contributed by atoms with Crippen molar-refractivity contribution in [3.8, 4) is 5.75 Å². The minimum absolute atomic E-state index is 0.192. The lowest BCUT2D eigenvalue weighted by molar-refractivity contribution is -0.143. The summed E-state index contributed by atoms with van der Waals surface area (Å²) in [5.41, 5.74) is 1.92. The number of hydrogen-bond acceptors (Lipinski definition) is 4. The van der Waals surface area contributed by atoms with Gasteiger partial charge in [-0.1, -0.05) is 42.5 Å². The molecule has 4 nitrogen and oxygen atoms in total. The van der Waals surface area contributed by atoms with Gasteiger partial charge in [0, 0.05) is 6.42 Å². The molecule has 0 aliphatic carbocycles. The Morgan fingerprint density at radius 3 is 2.17 bits per heavy atom. The third kappa shape index (κ3) is 5.94. The second-order valence-corrected chi connectivity index (χ2v) is 5.09. The lowest BCUT2D eigenvalue weighted by atomic mass is 10.1. The molecule has 0 atom stereocenters. The number of aryl methyl sites for hydroxylation is 1. The van der Waals surface area contributed by atoms with Crippen LogP contribution < -0.4 is 4.74 Å². The van der Waals surface area contributed by atoms with Crippen LogP contribution in [0.1, 0.15) is 24.5 Å². The smallest absolute Gasteiger partial charge is 0.315 e. The Bertz CT molecular complexity index is 632. The maximum absolute atomic E-state index is 11.9. The summed E-state index contributed by atoms with van der Waals surface area (Å²) in [7, 11) is 0. The molecule has 23 heavy (non-hydrogen) atoms. The first-order valence-corrected chi connectivity index (χ1v) is 7.66. The van der Waals surface area contributed by atoms with Crippen LogP contribution in [-0.2, 0) is 27.2 Å². The van der Waals surface area contributed by atoms with E-state index in [1.807, 2.05) is 42.5 Å². The van der Waals surface area contributed by atoms with Crippen LogP contribution in [0.3, 0.4) is 0 Å². The third-order valence-electron chi connectivity index (χ3n) is 3.27. The normalized spacial score (nSPS) is 10.1. The SMILES string of the molecule is CCOC(=O)CCc1ccc(CC(=O)Oc2ccccc2)cc1. The molecule has 0 unspecified atom stereocenters. The predicted octanol–water partition coefficient (Wildman–Crippen LogP) is 3.33. The number of carbonyl (C=O) groups excluding carboxylic acids is 2. The van der Waals surface area contributed by atoms with Crippen LogP contribution in [-0.4, -0.2) is 18.5 Å². The summed E-state index contributed by atoms with van der Waals surface area (Å²) in [6.07, 6.45) is 1.21. The molecule has 0 aromatic heterocycles. The highest BCUT2D eigenvalue weighted by Gasteiger charge is 2.07. The average Bonchev–Trinajstić information content (AvgIpc) is 2.55. The van der Waals surface area contributed by atoms with Gasteiger partial charge in [-0.2, -0.15) is 0 Å². The van der Waals surface area contributed by atoms with E-state index in [0.29, 0.717) is 25.2 Å². The highest BCUT2D eigenvalue weighted by atomic mass is 16.5. The predicted molar refractivity (Wildman–Crippen MR) is 87.2 cm³/mol. The molecule has 2 aromatic rings. The zero-order chi connectivity index (χ0) is 16.5. The minimum Gasteiger partial charge on any atom is -0.466 e. The average molecular weight is 312 g/mol. The minimum atomic E-state index is -0.296. The third-order valence-corrected chi connectivity index (χ3v) is 3.27. The van der Waals surface area contributed by atoms with Crippen molar-refractivity contribution in [3.63, 3.8) is 0 Å². The molecule has 0 heterocycles. The lowest BCUT2D eigenvalue weighted by Crippen LogP contribution is -2.11. The highest BCUT2D eigenvalue weighted by molar-refractivity contribution is 5.75. The summed E-state index contributed by atoms with van der Waals surface area (Å²) >= 11 is 0. The lowest BCUT2D eigenvalue weighted by Gasteiger charge is -2.06. The molecule has 4 heteroatoms. The zero-order valence-electron chi connectivity index (χ0n) is 13.2. The Morgan fingerprint density at radius 2 is 1.52 bits per heavy atom. The molecular formula is C19H20O4. The second kappa shape index (κ2) is 8.73. The van der Waals surface area contributed by atoms with Gasteiger partial charge < -0.3 is 9.47 Å². The molecule has 0 spiro atoms. The molecule has 0 amide bonds. The fraction of sp³-hybridized carbons (Fsp3) is 0.263. The first kappa shape index (κ1) is 16.7. The summed E-state index contributed by atoms with van der Waals surface area (Å²) in [5.74, 6) is 0.0574. The van der Waals surface area contributed by atoms with Crippen molar-refractivity contribution < 1.29 is 19.1 Å². The molecular weight excluding hydrogens is 292 g/mol. The largest absolute Gasteiger partial charge is 0.466 e. The topological polar surface area (TPSA) is 52.6 Å². The molecule has 0 aliphatic rings. The number of carbonyl (C=O) groups is 2. The van der Waals surface area contributed by atoms with Gasteiger partial charge in [0.1, 0.15) is 5.75 Å². The van der Waals surface area contributed by atoms with Crippen molar-refractivity contribution in [1.82, 2.24) is 0 Å². The second-order valence-electron chi connectivity index (χ2n) is 5.09. The summed E-state index contributed by atoms with van der Waals surface area (Å²) in [5, 5.41) is 0. The van der Waals surface area contributed by atoms with Crippen molar-refractivity contribution in [3.05, 3.63) is 65.7 Å². The Kier molecular flexibility index (Phi) is 6.36. The number of hydrogen-bond donors (Lipinski definition) is 0. The number of ether oxygens (including phenoxy) is 2. The maximum atomic E-state index is 11.9. The number of rotatable bonds is 7. The van der Waals surface area contributed by atoms with E-state index in [4.69, 9.17) is 9.47 Å². The summed E-state index contributed by atoms with van der Waals surface area (Å²) in [6.45, 7) is 2.20. The van der Waals surface area contributed by atoms with E-state index in [2.05, 4.69) is 0 Å². The van der Waals surface area contributed by atoms with E-state index in [0.717, 1.165) is 11.1 Å². The molecule has 120 valence electrons. The molecule has 0 bridgehead atoms. The molecule has 0 saturated carbocycles. The van der Waals surface area contributed by atoms with Gasteiger partial charge >= 0.3 is 11.9 Å². The van der Waals surface area contributed by atoms with Crippen LogP contribution in [0.4, 0.5) is 0 Å². The van der Waals surface area contributed by atoms with Gasteiger partial charge in [-0.25, -0.2) is 0 Å². The Balaban J connectivity index is 1.82. The van der Waals surface area contributed by atoms with Gasteiger partial charge in [0.15, 0.2) is 0 Å². The van der Waals surface area contributed by atoms with Gasteiger partial charge in [-0.15, -0.1) is 0 Å². The van der Waals surface area contributed by atoms with Crippen molar-refractivity contribution in [2.45, 2.75) is 26.2 Å². The first-order valence-electron chi connectivity index (χ1n) is 7.66. The van der Waals surface area contributed by atoms with E-state index in [9.17, 15) is 9.59 Å². The quantitative estimate of drug-likeness (QED) is 0.581. The van der Waals surface area contributed by atoms with Gasteiger partial charge in [0.25, 0.3) is 0 Å². The molecule has 2 aromatic carbocycles. The fourth-order valence-electron chi connectivity index (χ4n) is 2.13. The van der Waals surface area contributed by atoms with Crippen LogP contribution >= 0.6 is 0 Å². The molecule has 0 saturated heterocycles. The van der Waals surface area contributed by atoms with Crippen LogP contribution in [0.5, 0.6) is 5.75 Å². The van der Waals surface area contributed by atoms with E-state index in [1.165, 1.54) is 0 Å². The van der Waals surface area contributed by atoms with Crippen molar-refractivity contribution in [2.24, 2.45) is 0 Å². The summed E-state index contributed by atoms with van der Waals surface area (Å²) in [6, 6.07) is 16.6. The molecule has 0 N–H and O–H groups in total. The van der Waals surface area contributed by atoms with E-state index in [1.54, 1.807) is 19.1 Å². The standard InChI is InChI=1S/C19H20O4/c1-2-22-18(20)13-12-15-8-10-16(11-9-15)14-19(21)23-17-6-4-3-5-7-17/h3-11H,2,12-14H2,1H3. The van der Waals surface area contributed by atoms with Gasteiger partial charge in [-0.05, 0) is 36.6 Å². The van der Waals surface area contributed by atoms with Crippen LogP contribution in [0.25, 0.3) is 0 Å². The van der Waals surface area contributed by atoms with Crippen molar-refractivity contribution in [2.75, 3.05) is 6.61 Å². The zero-order valence-corrected chi connectivity index (χ0v) is 13.2. The van der Waals surface area contributed by atoms with E-state index >= 15 is 0 Å². The highest BCUT2D eigenvalue weighted by Crippen LogP contribution is 2.12. The molecule has 2 rings (SSSR count). The Morgan fingerprint density at radius 1 is 0.870 bits per heavy atom. The monoisotopic (exact) mass is 312 g/mol. The van der Waals surface area contributed by atoms with Crippen LogP contribution in [0.2, 0.25) is 0 Å². The fourth-order valence-corrected chi connectivity index (χ4v) is 2.13. The molecule has 0 fully saturated rings. The Labute approximate surface area is 136 Å². The van der Waals surface area contributed by atoms with Gasteiger partial charge in [0.2, 0.25) is 0 Å². The number of benzene rings is 2. The number of esters is 2. The van der Waals surface area contributed by atoms with Crippen molar-refractivity contribution >= 4 is 11.9 Å². The molecule has 0 radical (unpaired) electrons. The maximum Gasteiger partial charge on any atom is 0.315 e. The first-order chi connectivity index (χ1) is 11.2. The summed E-state index contributed by atoms with van der Waals surface area (Å²) in [4.78, 5) is 23.2. The van der Waals surface area contributed by atoms with Gasteiger partial charge in [-0.3, -0.25) is 9.59 Å². The molecule has 0 aliphatic heterocycles. The van der Waals surface area contributed by atoms with E-state index < -0.39 is 0 Å². The van der Waals surface area contributed by atoms with E-state index in [-0.39, 0.29) is 18.4 Å². The van der Waals surface area contributed by atoms with Crippen LogP contribution in [0.15, 0.2) is 54.6 Å². The Hall–Kier alpha value is -2.62. The van der Waals surface area contributed by atoms with Gasteiger partial charge in [0.05, 0.1) is 13.0 Å².